The van der Waals surface area contributed by atoms with Gasteiger partial charge in [0.2, 0.25) is 0 Å². The minimum atomic E-state index is -0.442. The number of methoxy groups -OCH3 is 1. The van der Waals surface area contributed by atoms with E-state index < -0.39 is 5.97 Å². The van der Waals surface area contributed by atoms with Gasteiger partial charge in [0.15, 0.2) is 5.75 Å². The lowest BCUT2D eigenvalue weighted by Gasteiger charge is -2.10. The fourth-order valence-corrected chi connectivity index (χ4v) is 1.68. The van der Waals surface area contributed by atoms with Crippen LogP contribution < -0.4 is 10.5 Å². The second kappa shape index (κ2) is 5.02. The van der Waals surface area contributed by atoms with Crippen LogP contribution in [0.4, 0.5) is 5.69 Å². The lowest BCUT2D eigenvalue weighted by molar-refractivity contribution is 0.0523. The standard InChI is InChI=1S/C10H12BrNO3/c1-3-15-10(13)7-4-6(11)5-8(12)9(7)14-2/h4-5H,3,12H2,1-2H3. The number of rotatable bonds is 3. The van der Waals surface area contributed by atoms with E-state index in [9.17, 15) is 4.79 Å². The molecule has 0 amide bonds. The van der Waals surface area contributed by atoms with Gasteiger partial charge in [-0.05, 0) is 19.1 Å². The zero-order valence-corrected chi connectivity index (χ0v) is 10.1. The smallest absolute Gasteiger partial charge is 0.342 e. The SMILES string of the molecule is CCOC(=O)c1cc(Br)cc(N)c1OC. The number of anilines is 1. The van der Waals surface area contributed by atoms with Crippen molar-refractivity contribution in [2.24, 2.45) is 0 Å². The minimum Gasteiger partial charge on any atom is -0.494 e. The molecular weight excluding hydrogens is 262 g/mol. The fraction of sp³-hybridized carbons (Fsp3) is 0.300. The van der Waals surface area contributed by atoms with Crippen molar-refractivity contribution < 1.29 is 14.3 Å². The second-order valence-electron chi connectivity index (χ2n) is 2.80. The Labute approximate surface area is 96.5 Å². The predicted molar refractivity (Wildman–Crippen MR) is 61.1 cm³/mol. The van der Waals surface area contributed by atoms with Crippen molar-refractivity contribution in [1.82, 2.24) is 0 Å². The normalized spacial score (nSPS) is 9.80. The summed E-state index contributed by atoms with van der Waals surface area (Å²) in [6, 6.07) is 3.29. The summed E-state index contributed by atoms with van der Waals surface area (Å²) in [4.78, 5) is 11.6. The number of benzene rings is 1. The molecule has 82 valence electrons. The molecule has 1 aromatic carbocycles. The molecule has 0 heterocycles. The molecule has 0 radical (unpaired) electrons. The number of carbonyl (C=O) groups is 1. The third-order valence-electron chi connectivity index (χ3n) is 1.78. The monoisotopic (exact) mass is 273 g/mol. The van der Waals surface area contributed by atoms with Gasteiger partial charge in [0.05, 0.1) is 19.4 Å². The molecule has 15 heavy (non-hydrogen) atoms. The van der Waals surface area contributed by atoms with Crippen molar-refractivity contribution in [3.05, 3.63) is 22.2 Å². The van der Waals surface area contributed by atoms with Crippen LogP contribution in [0.15, 0.2) is 16.6 Å². The van der Waals surface area contributed by atoms with Crippen LogP contribution in [0, 0.1) is 0 Å². The molecule has 0 atom stereocenters. The molecule has 1 aromatic rings. The summed E-state index contributed by atoms with van der Waals surface area (Å²) in [6.07, 6.45) is 0. The molecule has 4 nitrogen and oxygen atoms in total. The molecule has 0 aliphatic heterocycles. The van der Waals surface area contributed by atoms with E-state index in [0.717, 1.165) is 0 Å². The van der Waals surface area contributed by atoms with Gasteiger partial charge < -0.3 is 15.2 Å². The highest BCUT2D eigenvalue weighted by Crippen LogP contribution is 2.30. The Bertz CT molecular complexity index is 379. The molecule has 0 aliphatic rings. The predicted octanol–water partition coefficient (Wildman–Crippen LogP) is 2.22. The number of hydrogen-bond acceptors (Lipinski definition) is 4. The van der Waals surface area contributed by atoms with E-state index in [1.807, 2.05) is 0 Å². The Morgan fingerprint density at radius 3 is 2.73 bits per heavy atom. The largest absolute Gasteiger partial charge is 0.494 e. The lowest BCUT2D eigenvalue weighted by atomic mass is 10.2. The van der Waals surface area contributed by atoms with E-state index in [2.05, 4.69) is 15.9 Å². The summed E-state index contributed by atoms with van der Waals surface area (Å²) in [7, 11) is 1.46. The Morgan fingerprint density at radius 1 is 1.53 bits per heavy atom. The van der Waals surface area contributed by atoms with Crippen molar-refractivity contribution in [3.8, 4) is 5.75 Å². The molecule has 0 saturated heterocycles. The third-order valence-corrected chi connectivity index (χ3v) is 2.24. The van der Waals surface area contributed by atoms with Crippen LogP contribution in [0.2, 0.25) is 0 Å². The van der Waals surface area contributed by atoms with Crippen LogP contribution >= 0.6 is 15.9 Å². The summed E-state index contributed by atoms with van der Waals surface area (Å²) < 4.78 is 10.6. The van der Waals surface area contributed by atoms with Crippen molar-refractivity contribution in [2.45, 2.75) is 6.92 Å². The Hall–Kier alpha value is -1.23. The molecule has 0 fully saturated rings. The molecule has 0 bridgehead atoms. The summed E-state index contributed by atoms with van der Waals surface area (Å²) in [6.45, 7) is 2.06. The van der Waals surface area contributed by atoms with Crippen LogP contribution in [-0.2, 0) is 4.74 Å². The number of carbonyl (C=O) groups excluding carboxylic acids is 1. The maximum atomic E-state index is 11.6. The van der Waals surface area contributed by atoms with Crippen LogP contribution in [0.3, 0.4) is 0 Å². The van der Waals surface area contributed by atoms with E-state index >= 15 is 0 Å². The quantitative estimate of drug-likeness (QED) is 0.678. The van der Waals surface area contributed by atoms with Gasteiger partial charge in [0, 0.05) is 4.47 Å². The van der Waals surface area contributed by atoms with Crippen LogP contribution in [0.5, 0.6) is 5.75 Å². The van der Waals surface area contributed by atoms with Crippen LogP contribution in [-0.4, -0.2) is 19.7 Å². The topological polar surface area (TPSA) is 61.5 Å². The summed E-state index contributed by atoms with van der Waals surface area (Å²) in [5.41, 5.74) is 6.43. The minimum absolute atomic E-state index is 0.314. The molecule has 0 aliphatic carbocycles. The maximum absolute atomic E-state index is 11.6. The van der Waals surface area contributed by atoms with E-state index in [1.165, 1.54) is 7.11 Å². The molecule has 2 N–H and O–H groups in total. The average Bonchev–Trinajstić information content (AvgIpc) is 2.17. The average molecular weight is 274 g/mol. The summed E-state index contributed by atoms with van der Waals surface area (Å²) >= 11 is 3.25. The van der Waals surface area contributed by atoms with Crippen molar-refractivity contribution in [3.63, 3.8) is 0 Å². The van der Waals surface area contributed by atoms with Gasteiger partial charge in [-0.25, -0.2) is 4.79 Å². The molecule has 1 rings (SSSR count). The molecule has 0 spiro atoms. The van der Waals surface area contributed by atoms with Crippen molar-refractivity contribution in [1.29, 1.82) is 0 Å². The van der Waals surface area contributed by atoms with E-state index in [1.54, 1.807) is 19.1 Å². The van der Waals surface area contributed by atoms with E-state index in [-0.39, 0.29) is 0 Å². The highest BCUT2D eigenvalue weighted by molar-refractivity contribution is 9.10. The molecule has 0 unspecified atom stereocenters. The summed E-state index contributed by atoms with van der Waals surface area (Å²) in [5.74, 6) is -0.0981. The first kappa shape index (κ1) is 11.8. The Kier molecular flexibility index (Phi) is 3.96. The van der Waals surface area contributed by atoms with Gasteiger partial charge in [-0.1, -0.05) is 15.9 Å². The number of halogens is 1. The fourth-order valence-electron chi connectivity index (χ4n) is 1.20. The van der Waals surface area contributed by atoms with E-state index in [4.69, 9.17) is 15.2 Å². The van der Waals surface area contributed by atoms with Gasteiger partial charge in [0.25, 0.3) is 0 Å². The first-order valence-electron chi connectivity index (χ1n) is 4.40. The highest BCUT2D eigenvalue weighted by atomic mass is 79.9. The first-order chi connectivity index (χ1) is 7.10. The van der Waals surface area contributed by atoms with Gasteiger partial charge >= 0.3 is 5.97 Å². The number of nitrogens with two attached hydrogens (primary N) is 1. The molecular formula is C10H12BrNO3. The van der Waals surface area contributed by atoms with Crippen molar-refractivity contribution in [2.75, 3.05) is 19.5 Å². The summed E-state index contributed by atoms with van der Waals surface area (Å²) in [5, 5.41) is 0. The zero-order valence-electron chi connectivity index (χ0n) is 8.54. The number of hydrogen-bond donors (Lipinski definition) is 1. The van der Waals surface area contributed by atoms with Gasteiger partial charge in [0.1, 0.15) is 5.56 Å². The van der Waals surface area contributed by atoms with Gasteiger partial charge in [-0.3, -0.25) is 0 Å². The number of esters is 1. The first-order valence-corrected chi connectivity index (χ1v) is 5.19. The third kappa shape index (κ3) is 2.62. The van der Waals surface area contributed by atoms with Crippen molar-refractivity contribution >= 4 is 27.6 Å². The Balaban J connectivity index is 3.20. The van der Waals surface area contributed by atoms with Gasteiger partial charge in [-0.2, -0.15) is 0 Å². The van der Waals surface area contributed by atoms with Crippen LogP contribution in [0.25, 0.3) is 0 Å². The molecule has 0 saturated carbocycles. The molecule has 0 aromatic heterocycles. The van der Waals surface area contributed by atoms with Gasteiger partial charge in [-0.15, -0.1) is 0 Å². The molecule has 5 heteroatoms. The zero-order chi connectivity index (χ0) is 11.4. The van der Waals surface area contributed by atoms with E-state index in [0.29, 0.717) is 28.1 Å². The highest BCUT2D eigenvalue weighted by Gasteiger charge is 2.16. The Morgan fingerprint density at radius 2 is 2.20 bits per heavy atom. The van der Waals surface area contributed by atoms with Crippen LogP contribution in [0.1, 0.15) is 17.3 Å². The second-order valence-corrected chi connectivity index (χ2v) is 3.71. The number of nitrogen functional groups attached to an aromatic ring is 1. The number of ether oxygens (including phenoxy) is 2. The lowest BCUT2D eigenvalue weighted by Crippen LogP contribution is -2.08. The maximum Gasteiger partial charge on any atom is 0.342 e.